The van der Waals surface area contributed by atoms with Crippen LogP contribution in [0.15, 0.2) is 54.6 Å². The summed E-state index contributed by atoms with van der Waals surface area (Å²) in [5.74, 6) is 1.06. The first kappa shape index (κ1) is 19.1. The Hall–Kier alpha value is -2.28. The molecule has 2 aromatic carbocycles. The summed E-state index contributed by atoms with van der Waals surface area (Å²) in [6.07, 6.45) is 0. The Morgan fingerprint density at radius 1 is 1.12 bits per heavy atom. The van der Waals surface area contributed by atoms with Crippen LogP contribution in [-0.2, 0) is 4.79 Å². The molecule has 2 aromatic rings. The van der Waals surface area contributed by atoms with Gasteiger partial charge in [0, 0.05) is 5.75 Å². The van der Waals surface area contributed by atoms with E-state index in [1.165, 1.54) is 23.9 Å². The van der Waals surface area contributed by atoms with Crippen LogP contribution in [0.3, 0.4) is 0 Å². The highest BCUT2D eigenvalue weighted by Gasteiger charge is 2.16. The van der Waals surface area contributed by atoms with E-state index in [2.05, 4.69) is 10.1 Å². The number of para-hydroxylation sites is 3. The van der Waals surface area contributed by atoms with Gasteiger partial charge in [-0.3, -0.25) is 4.79 Å². The summed E-state index contributed by atoms with van der Waals surface area (Å²) in [6.45, 7) is -0.726. The molecule has 0 aromatic heterocycles. The zero-order valence-electron chi connectivity index (χ0n) is 13.7. The van der Waals surface area contributed by atoms with E-state index in [9.17, 15) is 13.6 Å². The van der Waals surface area contributed by atoms with Crippen LogP contribution in [-0.4, -0.2) is 30.1 Å². The minimum atomic E-state index is -2.94. The van der Waals surface area contributed by atoms with Gasteiger partial charge < -0.3 is 14.8 Å². The van der Waals surface area contributed by atoms with Gasteiger partial charge in [0.05, 0.1) is 17.5 Å². The number of thioether (sulfide) groups is 1. The Morgan fingerprint density at radius 2 is 1.80 bits per heavy atom. The van der Waals surface area contributed by atoms with Crippen molar-refractivity contribution in [1.82, 2.24) is 0 Å². The Bertz CT molecular complexity index is 670. The predicted octanol–water partition coefficient (Wildman–Crippen LogP) is 4.43. The van der Waals surface area contributed by atoms with E-state index < -0.39 is 6.61 Å². The molecule has 0 bridgehead atoms. The standard InChI is InChI=1S/C18H19F2NO3S/c1-13(25-12-11-23-14-7-3-2-4-8-14)17(22)21-15-9-5-6-10-16(15)24-18(19)20/h2-10,13,18H,11-12H2,1H3,(H,21,22). The summed E-state index contributed by atoms with van der Waals surface area (Å²) >= 11 is 1.42. The van der Waals surface area contributed by atoms with Crippen LogP contribution in [0.25, 0.3) is 0 Å². The summed E-state index contributed by atoms with van der Waals surface area (Å²) < 4.78 is 34.7. The van der Waals surface area contributed by atoms with E-state index in [0.717, 1.165) is 5.75 Å². The van der Waals surface area contributed by atoms with Crippen LogP contribution in [0, 0.1) is 0 Å². The maximum Gasteiger partial charge on any atom is 0.387 e. The largest absolute Gasteiger partial charge is 0.493 e. The molecule has 1 amide bonds. The molecular weight excluding hydrogens is 348 g/mol. The van der Waals surface area contributed by atoms with Gasteiger partial charge in [0.1, 0.15) is 11.5 Å². The third kappa shape index (κ3) is 6.62. The summed E-state index contributed by atoms with van der Waals surface area (Å²) in [4.78, 5) is 12.2. The summed E-state index contributed by atoms with van der Waals surface area (Å²) in [5, 5.41) is 2.25. The predicted molar refractivity (Wildman–Crippen MR) is 95.6 cm³/mol. The second-order valence-electron chi connectivity index (χ2n) is 5.04. The third-order valence-corrected chi connectivity index (χ3v) is 4.31. The fraction of sp³-hybridized carbons (Fsp3) is 0.278. The highest BCUT2D eigenvalue weighted by molar-refractivity contribution is 8.00. The monoisotopic (exact) mass is 367 g/mol. The maximum absolute atomic E-state index is 12.4. The Labute approximate surface area is 149 Å². The van der Waals surface area contributed by atoms with Gasteiger partial charge in [0.25, 0.3) is 0 Å². The quantitative estimate of drug-likeness (QED) is 0.666. The number of halogens is 2. The molecule has 134 valence electrons. The van der Waals surface area contributed by atoms with Crippen molar-refractivity contribution in [2.75, 3.05) is 17.7 Å². The summed E-state index contributed by atoms with van der Waals surface area (Å²) in [7, 11) is 0. The van der Waals surface area contributed by atoms with Crippen molar-refractivity contribution in [2.45, 2.75) is 18.8 Å². The number of ether oxygens (including phenoxy) is 2. The molecule has 0 saturated carbocycles. The lowest BCUT2D eigenvalue weighted by atomic mass is 10.3. The molecule has 4 nitrogen and oxygen atoms in total. The Balaban J connectivity index is 1.78. The van der Waals surface area contributed by atoms with E-state index in [-0.39, 0.29) is 22.6 Å². The first-order valence-electron chi connectivity index (χ1n) is 7.70. The average Bonchev–Trinajstić information content (AvgIpc) is 2.60. The topological polar surface area (TPSA) is 47.6 Å². The number of rotatable bonds is 9. The molecule has 0 saturated heterocycles. The van der Waals surface area contributed by atoms with Gasteiger partial charge >= 0.3 is 6.61 Å². The lowest BCUT2D eigenvalue weighted by molar-refractivity contribution is -0.115. The molecule has 0 fully saturated rings. The van der Waals surface area contributed by atoms with Crippen molar-refractivity contribution in [1.29, 1.82) is 0 Å². The lowest BCUT2D eigenvalue weighted by Gasteiger charge is -2.15. The molecule has 1 atom stereocenters. The van der Waals surface area contributed by atoms with Gasteiger partial charge in [-0.2, -0.15) is 8.78 Å². The van der Waals surface area contributed by atoms with Crippen molar-refractivity contribution in [3.63, 3.8) is 0 Å². The fourth-order valence-electron chi connectivity index (χ4n) is 1.98. The number of alkyl halides is 2. The fourth-order valence-corrected chi connectivity index (χ4v) is 2.72. The van der Waals surface area contributed by atoms with Crippen molar-refractivity contribution < 1.29 is 23.0 Å². The van der Waals surface area contributed by atoms with Crippen molar-refractivity contribution >= 4 is 23.4 Å². The van der Waals surface area contributed by atoms with Crippen LogP contribution in [0.2, 0.25) is 0 Å². The number of benzene rings is 2. The molecule has 2 rings (SSSR count). The van der Waals surface area contributed by atoms with Gasteiger partial charge in [0.15, 0.2) is 0 Å². The molecule has 7 heteroatoms. The van der Waals surface area contributed by atoms with E-state index >= 15 is 0 Å². The van der Waals surface area contributed by atoms with E-state index in [4.69, 9.17) is 4.74 Å². The zero-order valence-corrected chi connectivity index (χ0v) is 14.5. The van der Waals surface area contributed by atoms with E-state index in [1.54, 1.807) is 19.1 Å². The SMILES string of the molecule is CC(SCCOc1ccccc1)C(=O)Nc1ccccc1OC(F)F. The average molecular weight is 367 g/mol. The minimum absolute atomic E-state index is 0.0598. The van der Waals surface area contributed by atoms with Crippen LogP contribution in [0.5, 0.6) is 11.5 Å². The molecule has 0 aliphatic heterocycles. The van der Waals surface area contributed by atoms with Crippen LogP contribution < -0.4 is 14.8 Å². The number of carbonyl (C=O) groups is 1. The van der Waals surface area contributed by atoms with Gasteiger partial charge in [-0.05, 0) is 31.2 Å². The molecule has 0 aliphatic carbocycles. The molecule has 0 aliphatic rings. The Kier molecular flexibility index (Phi) is 7.53. The number of hydrogen-bond acceptors (Lipinski definition) is 4. The smallest absolute Gasteiger partial charge is 0.387 e. The van der Waals surface area contributed by atoms with Crippen LogP contribution >= 0.6 is 11.8 Å². The number of hydrogen-bond donors (Lipinski definition) is 1. The zero-order chi connectivity index (χ0) is 18.1. The van der Waals surface area contributed by atoms with Gasteiger partial charge in [-0.15, -0.1) is 11.8 Å². The van der Waals surface area contributed by atoms with Crippen LogP contribution in [0.4, 0.5) is 14.5 Å². The second kappa shape index (κ2) is 9.88. The van der Waals surface area contributed by atoms with Gasteiger partial charge in [-0.1, -0.05) is 30.3 Å². The van der Waals surface area contributed by atoms with Crippen molar-refractivity contribution in [2.24, 2.45) is 0 Å². The normalized spacial score (nSPS) is 11.8. The number of nitrogens with one attached hydrogen (secondary N) is 1. The molecule has 1 unspecified atom stereocenters. The molecular formula is C18H19F2NO3S. The summed E-state index contributed by atoms with van der Waals surface area (Å²) in [5.41, 5.74) is 0.223. The molecule has 1 N–H and O–H groups in total. The second-order valence-corrected chi connectivity index (χ2v) is 6.49. The first-order chi connectivity index (χ1) is 12.1. The first-order valence-corrected chi connectivity index (χ1v) is 8.75. The van der Waals surface area contributed by atoms with E-state index in [0.29, 0.717) is 12.4 Å². The highest BCUT2D eigenvalue weighted by Crippen LogP contribution is 2.26. The number of amides is 1. The Morgan fingerprint density at radius 3 is 2.52 bits per heavy atom. The van der Waals surface area contributed by atoms with Gasteiger partial charge in [-0.25, -0.2) is 0 Å². The van der Waals surface area contributed by atoms with Gasteiger partial charge in [0.2, 0.25) is 5.91 Å². The van der Waals surface area contributed by atoms with Crippen molar-refractivity contribution in [3.05, 3.63) is 54.6 Å². The van der Waals surface area contributed by atoms with Crippen molar-refractivity contribution in [3.8, 4) is 11.5 Å². The molecule has 25 heavy (non-hydrogen) atoms. The number of carbonyl (C=O) groups excluding carboxylic acids is 1. The molecule has 0 radical (unpaired) electrons. The lowest BCUT2D eigenvalue weighted by Crippen LogP contribution is -2.24. The highest BCUT2D eigenvalue weighted by atomic mass is 32.2. The third-order valence-electron chi connectivity index (χ3n) is 3.19. The van der Waals surface area contributed by atoms with Crippen LogP contribution in [0.1, 0.15) is 6.92 Å². The number of anilines is 1. The van der Waals surface area contributed by atoms with E-state index in [1.807, 2.05) is 30.3 Å². The maximum atomic E-state index is 12.4. The molecule has 0 heterocycles. The molecule has 0 spiro atoms. The summed E-state index contributed by atoms with van der Waals surface area (Å²) in [6, 6.07) is 15.5. The minimum Gasteiger partial charge on any atom is -0.493 e.